The number of nitrogens with two attached hydrogens (primary N) is 1. The van der Waals surface area contributed by atoms with Crippen LogP contribution in [0.3, 0.4) is 0 Å². The van der Waals surface area contributed by atoms with E-state index in [4.69, 9.17) is 5.73 Å². The van der Waals surface area contributed by atoms with Crippen LogP contribution in [0.1, 0.15) is 19.8 Å². The van der Waals surface area contributed by atoms with E-state index in [2.05, 4.69) is 5.32 Å². The van der Waals surface area contributed by atoms with Gasteiger partial charge in [-0.3, -0.25) is 0 Å². The molecule has 16 heavy (non-hydrogen) atoms. The van der Waals surface area contributed by atoms with Crippen LogP contribution in [0, 0.1) is 0 Å². The first-order chi connectivity index (χ1) is 7.04. The lowest BCUT2D eigenvalue weighted by Crippen LogP contribution is -2.69. The molecule has 0 aromatic rings. The quantitative estimate of drug-likeness (QED) is 0.737. The van der Waals surface area contributed by atoms with E-state index in [-0.39, 0.29) is 30.9 Å². The lowest BCUT2D eigenvalue weighted by atomic mass is 9.74. The van der Waals surface area contributed by atoms with Gasteiger partial charge in [-0.2, -0.15) is 0 Å². The lowest BCUT2D eigenvalue weighted by molar-refractivity contribution is -0.122. The summed E-state index contributed by atoms with van der Waals surface area (Å²) in [6.07, 6.45) is -0.647. The van der Waals surface area contributed by atoms with Gasteiger partial charge in [0.25, 0.3) is 5.92 Å². The molecule has 2 fully saturated rings. The fourth-order valence-electron chi connectivity index (χ4n) is 2.52. The molecule has 4 nitrogen and oxygen atoms in total. The van der Waals surface area contributed by atoms with Crippen molar-refractivity contribution in [3.05, 3.63) is 0 Å². The van der Waals surface area contributed by atoms with Crippen molar-refractivity contribution in [2.45, 2.75) is 36.8 Å². The Morgan fingerprint density at radius 1 is 1.31 bits per heavy atom. The zero-order valence-electron chi connectivity index (χ0n) is 9.09. The third kappa shape index (κ3) is 2.36. The average molecular weight is 254 g/mol. The largest absolute Gasteiger partial charge is 0.324 e. The molecule has 7 heteroatoms. The Hall–Kier alpha value is -0.270. The molecule has 2 aliphatic rings. The molecule has 0 aromatic carbocycles. The lowest BCUT2D eigenvalue weighted by Gasteiger charge is -2.48. The summed E-state index contributed by atoms with van der Waals surface area (Å²) < 4.78 is 47.4. The topological polar surface area (TPSA) is 72.2 Å². The van der Waals surface area contributed by atoms with Crippen molar-refractivity contribution >= 4 is 9.84 Å². The molecular formula is C9H16F2N2O2S. The molecule has 3 N–H and O–H groups in total. The molecule has 0 bridgehead atoms. The molecular weight excluding hydrogens is 238 g/mol. The van der Waals surface area contributed by atoms with Crippen molar-refractivity contribution in [3.63, 3.8) is 0 Å². The Morgan fingerprint density at radius 3 is 2.19 bits per heavy atom. The van der Waals surface area contributed by atoms with Gasteiger partial charge in [-0.05, 0) is 6.92 Å². The van der Waals surface area contributed by atoms with Crippen molar-refractivity contribution in [3.8, 4) is 0 Å². The smallest absolute Gasteiger partial charge is 0.251 e. The minimum atomic E-state index is -2.92. The summed E-state index contributed by atoms with van der Waals surface area (Å²) in [5.74, 6) is -2.53. The first kappa shape index (κ1) is 12.2. The zero-order chi connectivity index (χ0) is 12.2. The van der Waals surface area contributed by atoms with Gasteiger partial charge in [0.15, 0.2) is 9.84 Å². The van der Waals surface area contributed by atoms with Crippen LogP contribution in [0.4, 0.5) is 8.78 Å². The minimum Gasteiger partial charge on any atom is -0.324 e. The zero-order valence-corrected chi connectivity index (χ0v) is 9.91. The van der Waals surface area contributed by atoms with Crippen LogP contribution in [0.2, 0.25) is 0 Å². The molecule has 1 saturated heterocycles. The highest BCUT2D eigenvalue weighted by Crippen LogP contribution is 2.43. The van der Waals surface area contributed by atoms with Crippen molar-refractivity contribution in [2.24, 2.45) is 5.73 Å². The summed E-state index contributed by atoms with van der Waals surface area (Å²) in [7, 11) is -2.92. The van der Waals surface area contributed by atoms with Crippen molar-refractivity contribution < 1.29 is 17.2 Å². The summed E-state index contributed by atoms with van der Waals surface area (Å²) in [4.78, 5) is 0. The van der Waals surface area contributed by atoms with Crippen LogP contribution in [-0.4, -0.2) is 43.5 Å². The number of hydrogen-bond donors (Lipinski definition) is 2. The molecule has 0 spiro atoms. The Kier molecular flexibility index (Phi) is 2.39. The van der Waals surface area contributed by atoms with E-state index in [1.165, 1.54) is 0 Å². The SMILES string of the molecule is CC1(NCC2(N)CC(F)(F)C2)CS(=O)(=O)C1. The van der Waals surface area contributed by atoms with Crippen LogP contribution in [0.25, 0.3) is 0 Å². The Bertz CT molecular complexity index is 388. The molecule has 1 aliphatic carbocycles. The molecule has 0 atom stereocenters. The van der Waals surface area contributed by atoms with E-state index in [9.17, 15) is 17.2 Å². The summed E-state index contributed by atoms with van der Waals surface area (Å²) in [6, 6.07) is 0. The van der Waals surface area contributed by atoms with E-state index >= 15 is 0 Å². The summed E-state index contributed by atoms with van der Waals surface area (Å²) in [5, 5.41) is 2.99. The van der Waals surface area contributed by atoms with Crippen molar-refractivity contribution in [1.82, 2.24) is 5.32 Å². The second-order valence-electron chi connectivity index (χ2n) is 5.52. The van der Waals surface area contributed by atoms with Gasteiger partial charge in [-0.25, -0.2) is 17.2 Å². The molecule has 0 radical (unpaired) electrons. The Labute approximate surface area is 93.5 Å². The average Bonchev–Trinajstić information content (AvgIpc) is 1.93. The molecule has 2 rings (SSSR count). The van der Waals surface area contributed by atoms with Gasteiger partial charge in [0, 0.05) is 30.5 Å². The van der Waals surface area contributed by atoms with Crippen molar-refractivity contribution in [2.75, 3.05) is 18.1 Å². The number of rotatable bonds is 3. The van der Waals surface area contributed by atoms with Crippen molar-refractivity contribution in [1.29, 1.82) is 0 Å². The molecule has 0 amide bonds. The third-order valence-electron chi connectivity index (χ3n) is 3.17. The van der Waals surface area contributed by atoms with Gasteiger partial charge in [-0.1, -0.05) is 0 Å². The maximum Gasteiger partial charge on any atom is 0.251 e. The van der Waals surface area contributed by atoms with E-state index < -0.39 is 26.8 Å². The standard InChI is InChI=1S/C9H16F2N2O2S/c1-7(5-16(14,15)6-7)13-4-8(12)2-9(10,11)3-8/h13H,2-6,12H2,1H3. The van der Waals surface area contributed by atoms with E-state index in [1.54, 1.807) is 6.92 Å². The van der Waals surface area contributed by atoms with Crippen LogP contribution in [0.5, 0.6) is 0 Å². The summed E-state index contributed by atoms with van der Waals surface area (Å²) in [6.45, 7) is 2.02. The van der Waals surface area contributed by atoms with Gasteiger partial charge in [0.2, 0.25) is 0 Å². The number of hydrogen-bond acceptors (Lipinski definition) is 4. The highest BCUT2D eigenvalue weighted by Gasteiger charge is 2.55. The summed E-state index contributed by atoms with van der Waals surface area (Å²) in [5.41, 5.74) is 4.37. The normalized spacial score (nSPS) is 32.5. The fraction of sp³-hybridized carbons (Fsp3) is 1.00. The second-order valence-corrected chi connectivity index (χ2v) is 7.58. The maximum absolute atomic E-state index is 12.7. The summed E-state index contributed by atoms with van der Waals surface area (Å²) >= 11 is 0. The van der Waals surface area contributed by atoms with E-state index in [1.807, 2.05) is 0 Å². The molecule has 1 saturated carbocycles. The van der Waals surface area contributed by atoms with Gasteiger partial charge in [0.1, 0.15) is 0 Å². The van der Waals surface area contributed by atoms with Gasteiger partial charge in [0.05, 0.1) is 11.5 Å². The molecule has 0 aromatic heterocycles. The monoisotopic (exact) mass is 254 g/mol. The second kappa shape index (κ2) is 3.14. The van der Waals surface area contributed by atoms with Gasteiger partial charge < -0.3 is 11.1 Å². The molecule has 94 valence electrons. The van der Waals surface area contributed by atoms with E-state index in [0.29, 0.717) is 0 Å². The van der Waals surface area contributed by atoms with E-state index in [0.717, 1.165) is 0 Å². The van der Waals surface area contributed by atoms with Crippen LogP contribution < -0.4 is 11.1 Å². The first-order valence-electron chi connectivity index (χ1n) is 5.16. The first-order valence-corrected chi connectivity index (χ1v) is 6.98. The maximum atomic E-state index is 12.7. The fourth-order valence-corrected chi connectivity index (χ4v) is 4.58. The van der Waals surface area contributed by atoms with Crippen LogP contribution >= 0.6 is 0 Å². The third-order valence-corrected chi connectivity index (χ3v) is 5.32. The highest BCUT2D eigenvalue weighted by molar-refractivity contribution is 7.93. The molecule has 0 unspecified atom stereocenters. The predicted octanol–water partition coefficient (Wildman–Crippen LogP) is -0.110. The highest BCUT2D eigenvalue weighted by atomic mass is 32.2. The minimum absolute atomic E-state index is 0.0620. The number of halogens is 2. The van der Waals surface area contributed by atoms with Crippen LogP contribution in [-0.2, 0) is 9.84 Å². The Morgan fingerprint density at radius 2 is 1.81 bits per heavy atom. The van der Waals surface area contributed by atoms with Crippen LogP contribution in [0.15, 0.2) is 0 Å². The molecule has 1 heterocycles. The Balaban J connectivity index is 1.82. The van der Waals surface area contributed by atoms with Gasteiger partial charge >= 0.3 is 0 Å². The number of alkyl halides is 2. The number of nitrogens with one attached hydrogen (secondary N) is 1. The predicted molar refractivity (Wildman–Crippen MR) is 56.2 cm³/mol. The van der Waals surface area contributed by atoms with Gasteiger partial charge in [-0.15, -0.1) is 0 Å². The molecule has 1 aliphatic heterocycles. The number of sulfone groups is 1.